The fourth-order valence-corrected chi connectivity index (χ4v) is 2.18. The van der Waals surface area contributed by atoms with Gasteiger partial charge in [-0.15, -0.1) is 11.3 Å². The van der Waals surface area contributed by atoms with Crippen molar-refractivity contribution in [2.45, 2.75) is 19.4 Å². The Kier molecular flexibility index (Phi) is 2.19. The van der Waals surface area contributed by atoms with Crippen molar-refractivity contribution in [3.05, 3.63) is 34.2 Å². The third-order valence-electron chi connectivity index (χ3n) is 2.13. The van der Waals surface area contributed by atoms with E-state index in [9.17, 15) is 4.79 Å². The second kappa shape index (κ2) is 3.34. The number of carbonyl (C=O) groups is 1. The lowest BCUT2D eigenvalue weighted by Gasteiger charge is -2.18. The third kappa shape index (κ3) is 1.65. The molecule has 0 amide bonds. The Hall–Kier alpha value is -1.09. The summed E-state index contributed by atoms with van der Waals surface area (Å²) in [7, 11) is 0. The average molecular weight is 194 g/mol. The third-order valence-corrected chi connectivity index (χ3v) is 2.99. The van der Waals surface area contributed by atoms with Crippen LogP contribution in [0.25, 0.3) is 0 Å². The zero-order chi connectivity index (χ0) is 9.26. The van der Waals surface area contributed by atoms with E-state index in [4.69, 9.17) is 4.74 Å². The van der Waals surface area contributed by atoms with E-state index >= 15 is 0 Å². The number of carbonyl (C=O) groups excluding carboxylic acids is 1. The number of thiophene rings is 1. The van der Waals surface area contributed by atoms with Crippen LogP contribution in [0.4, 0.5) is 0 Å². The SMILES string of the molecule is Cc1sccc1C1CC(=O)C=CO1. The Labute approximate surface area is 80.8 Å². The Bertz CT molecular complexity index is 352. The van der Waals surface area contributed by atoms with Gasteiger partial charge >= 0.3 is 0 Å². The second-order valence-electron chi connectivity index (χ2n) is 3.03. The minimum atomic E-state index is -0.0660. The molecule has 68 valence electrons. The maximum absolute atomic E-state index is 11.1. The summed E-state index contributed by atoms with van der Waals surface area (Å²) < 4.78 is 5.38. The summed E-state index contributed by atoms with van der Waals surface area (Å²) in [4.78, 5) is 12.3. The van der Waals surface area contributed by atoms with Crippen LogP contribution in [0.1, 0.15) is 23.0 Å². The van der Waals surface area contributed by atoms with E-state index in [-0.39, 0.29) is 11.9 Å². The molecule has 1 aliphatic heterocycles. The lowest BCUT2D eigenvalue weighted by atomic mass is 10.0. The van der Waals surface area contributed by atoms with Gasteiger partial charge in [-0.25, -0.2) is 0 Å². The fraction of sp³-hybridized carbons (Fsp3) is 0.300. The first-order valence-electron chi connectivity index (χ1n) is 4.16. The highest BCUT2D eigenvalue weighted by Crippen LogP contribution is 2.30. The van der Waals surface area contributed by atoms with Crippen molar-refractivity contribution in [1.29, 1.82) is 0 Å². The summed E-state index contributed by atoms with van der Waals surface area (Å²) in [6.45, 7) is 2.05. The van der Waals surface area contributed by atoms with Gasteiger partial charge in [0.25, 0.3) is 0 Å². The summed E-state index contributed by atoms with van der Waals surface area (Å²) in [5.41, 5.74) is 1.14. The molecular weight excluding hydrogens is 184 g/mol. The minimum Gasteiger partial charge on any atom is -0.493 e. The zero-order valence-electron chi connectivity index (χ0n) is 7.32. The largest absolute Gasteiger partial charge is 0.493 e. The van der Waals surface area contributed by atoms with Crippen molar-refractivity contribution in [2.24, 2.45) is 0 Å². The van der Waals surface area contributed by atoms with E-state index in [1.54, 1.807) is 11.3 Å². The second-order valence-corrected chi connectivity index (χ2v) is 4.15. The van der Waals surface area contributed by atoms with E-state index in [1.807, 2.05) is 18.4 Å². The van der Waals surface area contributed by atoms with Gasteiger partial charge in [0.1, 0.15) is 6.10 Å². The molecule has 0 N–H and O–H groups in total. The molecule has 1 aromatic heterocycles. The highest BCUT2D eigenvalue weighted by Gasteiger charge is 2.20. The number of rotatable bonds is 1. The summed E-state index contributed by atoms with van der Waals surface area (Å²) in [6, 6.07) is 2.02. The van der Waals surface area contributed by atoms with Crippen LogP contribution in [0.15, 0.2) is 23.8 Å². The van der Waals surface area contributed by atoms with Crippen LogP contribution in [0.5, 0.6) is 0 Å². The van der Waals surface area contributed by atoms with Gasteiger partial charge in [-0.1, -0.05) is 0 Å². The average Bonchev–Trinajstić information content (AvgIpc) is 2.51. The first-order chi connectivity index (χ1) is 6.27. The van der Waals surface area contributed by atoms with Gasteiger partial charge in [-0.3, -0.25) is 4.79 Å². The first-order valence-corrected chi connectivity index (χ1v) is 5.04. The molecule has 2 rings (SSSR count). The lowest BCUT2D eigenvalue weighted by molar-refractivity contribution is -0.118. The van der Waals surface area contributed by atoms with Crippen LogP contribution in [-0.2, 0) is 9.53 Å². The molecule has 0 aromatic carbocycles. The Morgan fingerprint density at radius 3 is 3.08 bits per heavy atom. The van der Waals surface area contributed by atoms with Gasteiger partial charge < -0.3 is 4.74 Å². The van der Waals surface area contributed by atoms with Crippen LogP contribution in [0, 0.1) is 6.92 Å². The number of allylic oxidation sites excluding steroid dienone is 1. The molecule has 1 atom stereocenters. The van der Waals surface area contributed by atoms with E-state index in [2.05, 4.69) is 0 Å². The molecule has 2 heterocycles. The number of aryl methyl sites for hydroxylation is 1. The predicted molar refractivity (Wildman–Crippen MR) is 51.6 cm³/mol. The molecule has 0 bridgehead atoms. The molecule has 3 heteroatoms. The summed E-state index contributed by atoms with van der Waals surface area (Å²) >= 11 is 1.68. The molecule has 13 heavy (non-hydrogen) atoms. The Balaban J connectivity index is 2.23. The standard InChI is InChI=1S/C10H10O2S/c1-7-9(3-5-13-7)10-6-8(11)2-4-12-10/h2-5,10H,6H2,1H3. The van der Waals surface area contributed by atoms with Crippen molar-refractivity contribution < 1.29 is 9.53 Å². The van der Waals surface area contributed by atoms with Crippen LogP contribution in [-0.4, -0.2) is 5.78 Å². The Morgan fingerprint density at radius 1 is 1.62 bits per heavy atom. The normalized spacial score (nSPS) is 21.6. The number of ketones is 1. The molecule has 0 saturated carbocycles. The molecule has 0 fully saturated rings. The molecule has 1 aliphatic rings. The maximum Gasteiger partial charge on any atom is 0.162 e. The number of hydrogen-bond acceptors (Lipinski definition) is 3. The monoisotopic (exact) mass is 194 g/mol. The number of hydrogen-bond donors (Lipinski definition) is 0. The highest BCUT2D eigenvalue weighted by atomic mass is 32.1. The van der Waals surface area contributed by atoms with Crippen LogP contribution in [0.2, 0.25) is 0 Å². The van der Waals surface area contributed by atoms with Gasteiger partial charge in [0, 0.05) is 16.5 Å². The van der Waals surface area contributed by atoms with Gasteiger partial charge in [-0.2, -0.15) is 0 Å². The van der Waals surface area contributed by atoms with Crippen molar-refractivity contribution >= 4 is 17.1 Å². The molecule has 2 nitrogen and oxygen atoms in total. The van der Waals surface area contributed by atoms with Crippen LogP contribution < -0.4 is 0 Å². The lowest BCUT2D eigenvalue weighted by Crippen LogP contribution is -2.11. The molecule has 0 radical (unpaired) electrons. The predicted octanol–water partition coefficient (Wildman–Crippen LogP) is 2.60. The minimum absolute atomic E-state index is 0.0660. The van der Waals surface area contributed by atoms with Crippen molar-refractivity contribution in [3.63, 3.8) is 0 Å². The van der Waals surface area contributed by atoms with Gasteiger partial charge in [0.05, 0.1) is 12.7 Å². The maximum atomic E-state index is 11.1. The first kappa shape index (κ1) is 8.51. The van der Waals surface area contributed by atoms with E-state index in [0.717, 1.165) is 5.56 Å². The summed E-state index contributed by atoms with van der Waals surface area (Å²) in [6.07, 6.45) is 3.38. The van der Waals surface area contributed by atoms with Crippen LogP contribution >= 0.6 is 11.3 Å². The van der Waals surface area contributed by atoms with E-state index in [1.165, 1.54) is 17.2 Å². The molecule has 0 saturated heterocycles. The van der Waals surface area contributed by atoms with Crippen LogP contribution in [0.3, 0.4) is 0 Å². The van der Waals surface area contributed by atoms with Crippen molar-refractivity contribution in [2.75, 3.05) is 0 Å². The van der Waals surface area contributed by atoms with Gasteiger partial charge in [0.2, 0.25) is 0 Å². The topological polar surface area (TPSA) is 26.3 Å². The summed E-state index contributed by atoms with van der Waals surface area (Å²) in [5, 5.41) is 2.02. The molecule has 0 spiro atoms. The molecule has 1 aromatic rings. The quantitative estimate of drug-likeness (QED) is 0.687. The van der Waals surface area contributed by atoms with E-state index in [0.29, 0.717) is 6.42 Å². The zero-order valence-corrected chi connectivity index (χ0v) is 8.14. The molecular formula is C10H10O2S. The van der Waals surface area contributed by atoms with Gasteiger partial charge in [0.15, 0.2) is 5.78 Å². The van der Waals surface area contributed by atoms with Gasteiger partial charge in [-0.05, 0) is 18.4 Å². The Morgan fingerprint density at radius 2 is 2.46 bits per heavy atom. The molecule has 0 aliphatic carbocycles. The smallest absolute Gasteiger partial charge is 0.162 e. The molecule has 1 unspecified atom stereocenters. The van der Waals surface area contributed by atoms with Crippen molar-refractivity contribution in [3.8, 4) is 0 Å². The highest BCUT2D eigenvalue weighted by molar-refractivity contribution is 7.10. The summed E-state index contributed by atoms with van der Waals surface area (Å²) in [5.74, 6) is 0.141. The fourth-order valence-electron chi connectivity index (χ4n) is 1.42. The van der Waals surface area contributed by atoms with Crippen molar-refractivity contribution in [1.82, 2.24) is 0 Å². The van der Waals surface area contributed by atoms with E-state index < -0.39 is 0 Å². The number of ether oxygens (including phenoxy) is 1.